The smallest absolute Gasteiger partial charge is 0.242 e. The van der Waals surface area contributed by atoms with Gasteiger partial charge in [0.05, 0.1) is 17.3 Å². The molecule has 100 valence electrons. The minimum absolute atomic E-state index is 0.0518. The summed E-state index contributed by atoms with van der Waals surface area (Å²) in [5, 5.41) is 11.6. The molecule has 1 aliphatic rings. The molecule has 1 saturated heterocycles. The first kappa shape index (κ1) is 13.9. The van der Waals surface area contributed by atoms with E-state index < -0.39 is 0 Å². The van der Waals surface area contributed by atoms with E-state index in [0.29, 0.717) is 5.56 Å². The molecule has 0 spiro atoms. The average molecular weight is 322 g/mol. The van der Waals surface area contributed by atoms with Gasteiger partial charge >= 0.3 is 0 Å². The quantitative estimate of drug-likeness (QED) is 0.910. The molecule has 1 unspecified atom stereocenters. The summed E-state index contributed by atoms with van der Waals surface area (Å²) in [4.78, 5) is 14.1. The Hall–Kier alpha value is -1.54. The van der Waals surface area contributed by atoms with Crippen molar-refractivity contribution in [1.82, 2.24) is 5.32 Å². The van der Waals surface area contributed by atoms with Crippen LogP contribution >= 0.6 is 15.9 Å². The molecule has 0 aliphatic carbocycles. The van der Waals surface area contributed by atoms with Crippen LogP contribution < -0.4 is 10.2 Å². The fourth-order valence-electron chi connectivity index (χ4n) is 2.47. The van der Waals surface area contributed by atoms with E-state index in [2.05, 4.69) is 32.2 Å². The number of likely N-dealkylation sites (N-methyl/N-ethyl adjacent to an activating group) is 1. The molecule has 5 heteroatoms. The summed E-state index contributed by atoms with van der Waals surface area (Å²) < 4.78 is 0.863. The lowest BCUT2D eigenvalue weighted by Gasteiger charge is -2.36. The molecule has 1 heterocycles. The predicted octanol–water partition coefficient (Wildman–Crippen LogP) is 2.43. The van der Waals surface area contributed by atoms with Crippen molar-refractivity contribution in [1.29, 1.82) is 5.26 Å². The van der Waals surface area contributed by atoms with Crippen LogP contribution in [0.15, 0.2) is 22.7 Å². The summed E-state index contributed by atoms with van der Waals surface area (Å²) in [6.45, 7) is 0.864. The number of carbonyl (C=O) groups excluding carboxylic acids is 1. The summed E-state index contributed by atoms with van der Waals surface area (Å²) in [5.41, 5.74) is 1.59. The van der Waals surface area contributed by atoms with Crippen molar-refractivity contribution in [2.45, 2.75) is 25.3 Å². The Labute approximate surface area is 121 Å². The van der Waals surface area contributed by atoms with Gasteiger partial charge in [0.2, 0.25) is 5.91 Å². The number of nitrogens with one attached hydrogen (secondary N) is 1. The molecule has 1 fully saturated rings. The van der Waals surface area contributed by atoms with Crippen LogP contribution in [0.5, 0.6) is 0 Å². The van der Waals surface area contributed by atoms with E-state index in [1.807, 2.05) is 6.07 Å². The molecule has 1 aliphatic heterocycles. The SMILES string of the molecule is CNC(=O)C1CCCCN1c1ccc(C#N)cc1Br. The maximum Gasteiger partial charge on any atom is 0.242 e. The van der Waals surface area contributed by atoms with Crippen LogP contribution in [0.1, 0.15) is 24.8 Å². The summed E-state index contributed by atoms with van der Waals surface area (Å²) in [7, 11) is 1.67. The molecule has 4 nitrogen and oxygen atoms in total. The van der Waals surface area contributed by atoms with Gasteiger partial charge in [-0.15, -0.1) is 0 Å². The van der Waals surface area contributed by atoms with Crippen LogP contribution in [0.4, 0.5) is 5.69 Å². The number of piperidine rings is 1. The number of carbonyl (C=O) groups is 1. The number of hydrogen-bond acceptors (Lipinski definition) is 3. The topological polar surface area (TPSA) is 56.1 Å². The van der Waals surface area contributed by atoms with Gasteiger partial charge in [-0.2, -0.15) is 5.26 Å². The third-order valence-electron chi connectivity index (χ3n) is 3.44. The summed E-state index contributed by atoms with van der Waals surface area (Å²) >= 11 is 3.50. The van der Waals surface area contributed by atoms with Gasteiger partial charge in [-0.05, 0) is 53.4 Å². The lowest BCUT2D eigenvalue weighted by atomic mass is 10.00. The van der Waals surface area contributed by atoms with Crippen LogP contribution in [-0.4, -0.2) is 25.5 Å². The first-order valence-electron chi connectivity index (χ1n) is 6.35. The fraction of sp³-hybridized carbons (Fsp3) is 0.429. The maximum absolute atomic E-state index is 12.0. The minimum Gasteiger partial charge on any atom is -0.359 e. The maximum atomic E-state index is 12.0. The van der Waals surface area contributed by atoms with Crippen LogP contribution in [0.25, 0.3) is 0 Å². The third kappa shape index (κ3) is 2.90. The summed E-state index contributed by atoms with van der Waals surface area (Å²) in [6, 6.07) is 7.48. The molecule has 0 aromatic heterocycles. The van der Waals surface area contributed by atoms with Crippen LogP contribution in [-0.2, 0) is 4.79 Å². The Morgan fingerprint density at radius 1 is 1.53 bits per heavy atom. The Kier molecular flexibility index (Phi) is 4.43. The highest BCUT2D eigenvalue weighted by Gasteiger charge is 2.29. The number of hydrogen-bond donors (Lipinski definition) is 1. The van der Waals surface area contributed by atoms with E-state index in [1.54, 1.807) is 19.2 Å². The molecule has 0 bridgehead atoms. The van der Waals surface area contributed by atoms with E-state index in [1.165, 1.54) is 0 Å². The number of nitrogens with zero attached hydrogens (tertiary/aromatic N) is 2. The lowest BCUT2D eigenvalue weighted by molar-refractivity contribution is -0.122. The highest BCUT2D eigenvalue weighted by molar-refractivity contribution is 9.10. The molecule has 19 heavy (non-hydrogen) atoms. The molecule has 0 radical (unpaired) electrons. The number of amides is 1. The first-order chi connectivity index (χ1) is 9.17. The van der Waals surface area contributed by atoms with E-state index in [0.717, 1.165) is 36.0 Å². The average Bonchev–Trinajstić information content (AvgIpc) is 2.46. The summed E-state index contributed by atoms with van der Waals surface area (Å²) in [6.07, 6.45) is 3.02. The molecule has 1 amide bonds. The van der Waals surface area contributed by atoms with Gasteiger partial charge in [0, 0.05) is 18.1 Å². The van der Waals surface area contributed by atoms with Gasteiger partial charge in [-0.1, -0.05) is 0 Å². The van der Waals surface area contributed by atoms with Gasteiger partial charge in [-0.3, -0.25) is 4.79 Å². The number of anilines is 1. The van der Waals surface area contributed by atoms with Crippen molar-refractivity contribution in [2.24, 2.45) is 0 Å². The Morgan fingerprint density at radius 2 is 2.32 bits per heavy atom. The molecule has 1 N–H and O–H groups in total. The van der Waals surface area contributed by atoms with Crippen molar-refractivity contribution in [3.63, 3.8) is 0 Å². The largest absolute Gasteiger partial charge is 0.359 e. The molecule has 1 aromatic rings. The second-order valence-electron chi connectivity index (χ2n) is 4.60. The van der Waals surface area contributed by atoms with Gasteiger partial charge in [0.1, 0.15) is 6.04 Å². The van der Waals surface area contributed by atoms with Gasteiger partial charge in [-0.25, -0.2) is 0 Å². The molecule has 2 rings (SSSR count). The highest BCUT2D eigenvalue weighted by Crippen LogP contribution is 2.32. The van der Waals surface area contributed by atoms with Gasteiger partial charge < -0.3 is 10.2 Å². The van der Waals surface area contributed by atoms with Crippen molar-refractivity contribution in [3.05, 3.63) is 28.2 Å². The van der Waals surface area contributed by atoms with E-state index >= 15 is 0 Å². The molecular formula is C14H16BrN3O. The van der Waals surface area contributed by atoms with Crippen molar-refractivity contribution in [3.8, 4) is 6.07 Å². The van der Waals surface area contributed by atoms with Crippen molar-refractivity contribution >= 4 is 27.5 Å². The first-order valence-corrected chi connectivity index (χ1v) is 7.14. The Morgan fingerprint density at radius 3 is 2.95 bits per heavy atom. The van der Waals surface area contributed by atoms with Crippen molar-refractivity contribution in [2.75, 3.05) is 18.5 Å². The number of benzene rings is 1. The minimum atomic E-state index is -0.122. The van der Waals surface area contributed by atoms with Gasteiger partial charge in [0.25, 0.3) is 0 Å². The third-order valence-corrected chi connectivity index (χ3v) is 4.07. The van der Waals surface area contributed by atoms with E-state index in [9.17, 15) is 4.79 Å². The second-order valence-corrected chi connectivity index (χ2v) is 5.45. The second kappa shape index (κ2) is 6.07. The van der Waals surface area contributed by atoms with Crippen LogP contribution in [0.2, 0.25) is 0 Å². The van der Waals surface area contributed by atoms with Crippen molar-refractivity contribution < 1.29 is 4.79 Å². The number of nitriles is 1. The zero-order valence-corrected chi connectivity index (χ0v) is 12.4. The fourth-order valence-corrected chi connectivity index (χ4v) is 3.08. The zero-order chi connectivity index (χ0) is 13.8. The molecule has 1 atom stereocenters. The van der Waals surface area contributed by atoms with E-state index in [4.69, 9.17) is 5.26 Å². The Balaban J connectivity index is 2.32. The molecular weight excluding hydrogens is 306 g/mol. The Bertz CT molecular complexity index is 524. The monoisotopic (exact) mass is 321 g/mol. The highest BCUT2D eigenvalue weighted by atomic mass is 79.9. The molecule has 0 saturated carbocycles. The van der Waals surface area contributed by atoms with Gasteiger partial charge in [0.15, 0.2) is 0 Å². The number of halogens is 1. The molecule has 1 aromatic carbocycles. The normalized spacial score (nSPS) is 18.8. The van der Waals surface area contributed by atoms with E-state index in [-0.39, 0.29) is 11.9 Å². The number of rotatable bonds is 2. The van der Waals surface area contributed by atoms with Crippen LogP contribution in [0, 0.1) is 11.3 Å². The van der Waals surface area contributed by atoms with Crippen LogP contribution in [0.3, 0.4) is 0 Å². The predicted molar refractivity (Wildman–Crippen MR) is 77.9 cm³/mol. The lowest BCUT2D eigenvalue weighted by Crippen LogP contribution is -2.49. The zero-order valence-electron chi connectivity index (χ0n) is 10.8. The standard InChI is InChI=1S/C14H16BrN3O/c1-17-14(19)13-4-2-3-7-18(13)12-6-5-10(9-16)8-11(12)15/h5-6,8,13H,2-4,7H2,1H3,(H,17,19). The summed E-state index contributed by atoms with van der Waals surface area (Å²) in [5.74, 6) is 0.0518.